The van der Waals surface area contributed by atoms with E-state index in [1.807, 2.05) is 0 Å². The number of fused-ring (bicyclic) bond motifs is 1. The maximum absolute atomic E-state index is 12.5. The maximum Gasteiger partial charge on any atom is 0.341 e. The van der Waals surface area contributed by atoms with Crippen LogP contribution in [0.25, 0.3) is 11.0 Å². The van der Waals surface area contributed by atoms with Gasteiger partial charge in [-0.3, -0.25) is 9.36 Å². The highest BCUT2D eigenvalue weighted by Crippen LogP contribution is 2.29. The second-order valence-corrected chi connectivity index (χ2v) is 5.81. The van der Waals surface area contributed by atoms with Crippen molar-refractivity contribution >= 4 is 46.1 Å². The number of methoxy groups -OCH3 is 1. The highest BCUT2D eigenvalue weighted by Gasteiger charge is 2.37. The number of hydrogen-bond acceptors (Lipinski definition) is 7. The number of hydrogen-bond donors (Lipinski definition) is 2. The van der Waals surface area contributed by atoms with Crippen molar-refractivity contribution in [3.05, 3.63) is 38.8 Å². The number of ether oxygens (including phenoxy) is 1. The smallest absolute Gasteiger partial charge is 0.341 e. The number of nitrogens with one attached hydrogen (secondary N) is 1. The third-order valence-electron chi connectivity index (χ3n) is 3.44. The molecule has 0 aliphatic carbocycles. The highest BCUT2D eigenvalue weighted by atomic mass is 35.5. The molecule has 2 aromatic rings. The fraction of sp³-hybridized carbons (Fsp3) is 0.231. The van der Waals surface area contributed by atoms with E-state index in [2.05, 4.69) is 14.7 Å². The monoisotopic (exact) mass is 354 g/mol. The average Bonchev–Trinajstić information content (AvgIpc) is 2.96. The molecule has 120 valence electrons. The minimum absolute atomic E-state index is 0.152. The number of halogens is 1. The molecule has 0 radical (unpaired) electrons. The molecule has 3 rings (SSSR count). The number of rotatable bonds is 3. The van der Waals surface area contributed by atoms with Crippen LogP contribution < -0.4 is 10.2 Å². The second kappa shape index (κ2) is 5.60. The van der Waals surface area contributed by atoms with E-state index in [0.29, 0.717) is 5.56 Å². The summed E-state index contributed by atoms with van der Waals surface area (Å²) >= 11 is 7.16. The summed E-state index contributed by atoms with van der Waals surface area (Å²) in [6, 6.07) is 1.50. The van der Waals surface area contributed by atoms with Crippen LogP contribution in [0.1, 0.15) is 15.9 Å². The standard InChI is InChI=1S/C13H11ClN4O4S/c1-6-3-8(14)16-11-9(6)10(19)7(12(20)21)4-18(11)13(22-2)15-5-23-17-13/h3-5,17H,1-2H3,(H,20,21). The summed E-state index contributed by atoms with van der Waals surface area (Å²) < 4.78 is 9.66. The topological polar surface area (TPSA) is 106 Å². The van der Waals surface area contributed by atoms with Gasteiger partial charge in [0.05, 0.1) is 10.9 Å². The lowest BCUT2D eigenvalue weighted by Gasteiger charge is -2.28. The van der Waals surface area contributed by atoms with E-state index < -0.39 is 22.9 Å². The minimum atomic E-state index is -1.41. The van der Waals surface area contributed by atoms with Gasteiger partial charge in [0, 0.05) is 13.3 Å². The second-order valence-electron chi connectivity index (χ2n) is 4.77. The Kier molecular flexibility index (Phi) is 3.88. The van der Waals surface area contributed by atoms with Crippen molar-refractivity contribution in [2.75, 3.05) is 7.11 Å². The quantitative estimate of drug-likeness (QED) is 0.636. The van der Waals surface area contributed by atoms with Gasteiger partial charge in [0.15, 0.2) is 5.65 Å². The van der Waals surface area contributed by atoms with E-state index >= 15 is 0 Å². The molecule has 3 heterocycles. The van der Waals surface area contributed by atoms with Gasteiger partial charge in [-0.25, -0.2) is 14.8 Å². The van der Waals surface area contributed by atoms with Crippen molar-refractivity contribution in [2.24, 2.45) is 4.99 Å². The first-order valence-corrected chi connectivity index (χ1v) is 7.63. The molecule has 0 saturated heterocycles. The first kappa shape index (κ1) is 15.9. The predicted molar refractivity (Wildman–Crippen MR) is 86.9 cm³/mol. The molecule has 0 spiro atoms. The zero-order chi connectivity index (χ0) is 16.8. The lowest BCUT2D eigenvalue weighted by Crippen LogP contribution is -2.43. The number of aromatic carboxylic acids is 1. The number of aromatic nitrogens is 2. The first-order chi connectivity index (χ1) is 10.9. The Balaban J connectivity index is 2.50. The largest absolute Gasteiger partial charge is 0.477 e. The summed E-state index contributed by atoms with van der Waals surface area (Å²) in [5, 5.41) is 9.66. The lowest BCUT2D eigenvalue weighted by molar-refractivity contribution is -0.0732. The first-order valence-electron chi connectivity index (χ1n) is 6.37. The number of nitrogens with zero attached hydrogens (tertiary/aromatic N) is 3. The average molecular weight is 355 g/mol. The third-order valence-corrected chi connectivity index (χ3v) is 4.23. The molecular formula is C13H11ClN4O4S. The van der Waals surface area contributed by atoms with Gasteiger partial charge in [-0.1, -0.05) is 11.6 Å². The van der Waals surface area contributed by atoms with Crippen LogP contribution in [0.3, 0.4) is 0 Å². The molecule has 8 nitrogen and oxygen atoms in total. The fourth-order valence-electron chi connectivity index (χ4n) is 2.37. The van der Waals surface area contributed by atoms with Crippen LogP contribution in [0.15, 0.2) is 22.1 Å². The summed E-state index contributed by atoms with van der Waals surface area (Å²) in [5.41, 5.74) is 1.16. The molecule has 0 bridgehead atoms. The molecule has 1 atom stereocenters. The molecule has 0 saturated carbocycles. The lowest BCUT2D eigenvalue weighted by atomic mass is 10.1. The number of pyridine rings is 2. The Morgan fingerprint density at radius 2 is 2.30 bits per heavy atom. The van der Waals surface area contributed by atoms with Crippen LogP contribution in [0, 0.1) is 6.92 Å². The number of carboxylic acid groups (broad SMARTS) is 1. The summed E-state index contributed by atoms with van der Waals surface area (Å²) in [4.78, 5) is 32.3. The molecule has 2 N–H and O–H groups in total. The van der Waals surface area contributed by atoms with Crippen molar-refractivity contribution in [2.45, 2.75) is 12.9 Å². The van der Waals surface area contributed by atoms with E-state index in [9.17, 15) is 14.7 Å². The van der Waals surface area contributed by atoms with Gasteiger partial charge in [-0.05, 0) is 30.5 Å². The molecule has 1 aliphatic heterocycles. The van der Waals surface area contributed by atoms with Gasteiger partial charge in [0.25, 0.3) is 0 Å². The van der Waals surface area contributed by atoms with Crippen LogP contribution in [0.5, 0.6) is 0 Å². The Bertz CT molecular complexity index is 913. The Labute approximate surface area is 139 Å². The van der Waals surface area contributed by atoms with Gasteiger partial charge in [-0.2, -0.15) is 4.72 Å². The highest BCUT2D eigenvalue weighted by molar-refractivity contribution is 8.10. The molecule has 2 aromatic heterocycles. The molecule has 1 aliphatic rings. The van der Waals surface area contributed by atoms with E-state index in [1.165, 1.54) is 23.3 Å². The summed E-state index contributed by atoms with van der Waals surface area (Å²) in [6.07, 6.45) is 1.15. The Morgan fingerprint density at radius 3 is 2.87 bits per heavy atom. The SMILES string of the molecule is COC1(n2cc(C(=O)O)c(=O)c3c(C)cc(Cl)nc32)N=CSN1. The molecule has 23 heavy (non-hydrogen) atoms. The molecular weight excluding hydrogens is 344 g/mol. The molecule has 10 heteroatoms. The zero-order valence-corrected chi connectivity index (χ0v) is 13.6. The number of carboxylic acids is 1. The van der Waals surface area contributed by atoms with Crippen molar-refractivity contribution in [1.82, 2.24) is 14.3 Å². The molecule has 0 amide bonds. The predicted octanol–water partition coefficient (Wildman–Crippen LogP) is 1.55. The summed E-state index contributed by atoms with van der Waals surface area (Å²) in [6.45, 7) is 1.66. The zero-order valence-electron chi connectivity index (χ0n) is 12.0. The van der Waals surface area contributed by atoms with Crippen molar-refractivity contribution in [1.29, 1.82) is 0 Å². The van der Waals surface area contributed by atoms with Crippen molar-refractivity contribution in [3.63, 3.8) is 0 Å². The van der Waals surface area contributed by atoms with Crippen LogP contribution in [-0.2, 0) is 10.7 Å². The molecule has 1 unspecified atom stereocenters. The normalized spacial score (nSPS) is 20.3. The maximum atomic E-state index is 12.5. The number of carbonyl (C=O) groups is 1. The number of aliphatic imine (C=N–C) groups is 1. The van der Waals surface area contributed by atoms with Crippen LogP contribution in [-0.4, -0.2) is 33.3 Å². The van der Waals surface area contributed by atoms with Gasteiger partial charge in [0.1, 0.15) is 10.7 Å². The molecule has 0 aromatic carbocycles. The summed E-state index contributed by atoms with van der Waals surface area (Å²) in [7, 11) is 1.40. The van der Waals surface area contributed by atoms with Crippen molar-refractivity contribution < 1.29 is 14.6 Å². The van der Waals surface area contributed by atoms with Crippen LogP contribution in [0.2, 0.25) is 5.15 Å². The summed E-state index contributed by atoms with van der Waals surface area (Å²) in [5.74, 6) is -2.76. The van der Waals surface area contributed by atoms with E-state index in [0.717, 1.165) is 18.1 Å². The van der Waals surface area contributed by atoms with E-state index in [4.69, 9.17) is 16.3 Å². The van der Waals surface area contributed by atoms with E-state index in [1.54, 1.807) is 6.92 Å². The number of aryl methyl sites for hydroxylation is 1. The van der Waals surface area contributed by atoms with Gasteiger partial charge < -0.3 is 9.84 Å². The van der Waals surface area contributed by atoms with E-state index in [-0.39, 0.29) is 16.2 Å². The third kappa shape index (κ3) is 2.41. The van der Waals surface area contributed by atoms with Crippen LogP contribution in [0.4, 0.5) is 0 Å². The molecule has 0 fully saturated rings. The van der Waals surface area contributed by atoms with Crippen LogP contribution >= 0.6 is 23.5 Å². The Morgan fingerprint density at radius 1 is 1.57 bits per heavy atom. The van der Waals surface area contributed by atoms with Gasteiger partial charge in [0.2, 0.25) is 5.43 Å². The van der Waals surface area contributed by atoms with Gasteiger partial charge in [-0.15, -0.1) is 0 Å². The fourth-order valence-corrected chi connectivity index (χ4v) is 3.25. The Hall–Kier alpha value is -1.94. The minimum Gasteiger partial charge on any atom is -0.477 e. The van der Waals surface area contributed by atoms with Crippen molar-refractivity contribution in [3.8, 4) is 0 Å². The van der Waals surface area contributed by atoms with Gasteiger partial charge >= 0.3 is 11.9 Å².